The number of fused-ring (bicyclic) bond motifs is 2. The third-order valence-electron chi connectivity index (χ3n) is 3.09. The number of carbonyl (C=O) groups is 1. The van der Waals surface area contributed by atoms with Gasteiger partial charge in [-0.15, -0.1) is 0 Å². The average molecular weight is 295 g/mol. The van der Waals surface area contributed by atoms with E-state index in [1.165, 1.54) is 12.3 Å². The first-order valence-electron chi connectivity index (χ1n) is 5.83. The summed E-state index contributed by atoms with van der Waals surface area (Å²) in [6.45, 7) is 0. The van der Waals surface area contributed by atoms with E-state index in [0.717, 1.165) is 24.1 Å². The van der Waals surface area contributed by atoms with Crippen LogP contribution in [0.2, 0.25) is 0 Å². The Hall–Kier alpha value is -1.82. The van der Waals surface area contributed by atoms with Gasteiger partial charge in [0.05, 0.1) is 5.56 Å². The number of nitrogens with zero attached hydrogens (tertiary/aromatic N) is 1. The molecule has 2 aliphatic rings. The topological polar surface area (TPSA) is 29.4 Å². The number of rotatable bonds is 0. The second-order valence-corrected chi connectivity index (χ2v) is 5.23. The van der Waals surface area contributed by atoms with E-state index in [-0.39, 0.29) is 12.2 Å². The van der Waals surface area contributed by atoms with Gasteiger partial charge in [-0.3, -0.25) is 4.79 Å². The van der Waals surface area contributed by atoms with Gasteiger partial charge in [-0.1, -0.05) is 18.2 Å². The van der Waals surface area contributed by atoms with Crippen molar-refractivity contribution < 1.29 is 18.0 Å². The maximum Gasteiger partial charge on any atom is 0.416 e. The number of ketones is 1. The average Bonchev–Trinajstić information content (AvgIpc) is 2.56. The van der Waals surface area contributed by atoms with Crippen molar-refractivity contribution in [2.75, 3.05) is 0 Å². The summed E-state index contributed by atoms with van der Waals surface area (Å²) < 4.78 is 42.2. The Labute approximate surface area is 117 Å². The highest BCUT2D eigenvalue weighted by atomic mass is 32.2. The maximum atomic E-state index is 12.7. The summed E-state index contributed by atoms with van der Waals surface area (Å²) >= 11 is 0.950. The molecule has 2 nitrogen and oxygen atoms in total. The number of hydrogen-bond donors (Lipinski definition) is 0. The lowest BCUT2D eigenvalue weighted by molar-refractivity contribution is -0.137. The Bertz CT molecular complexity index is 686. The fraction of sp³-hybridized carbons (Fsp3) is 0.143. The van der Waals surface area contributed by atoms with Crippen LogP contribution in [0, 0.1) is 0 Å². The highest BCUT2D eigenvalue weighted by Crippen LogP contribution is 2.39. The van der Waals surface area contributed by atoms with Crippen LogP contribution < -0.4 is 0 Å². The van der Waals surface area contributed by atoms with Gasteiger partial charge in [-0.05, 0) is 12.1 Å². The van der Waals surface area contributed by atoms with Crippen molar-refractivity contribution in [3.8, 4) is 0 Å². The van der Waals surface area contributed by atoms with Gasteiger partial charge in [-0.2, -0.15) is 13.2 Å². The predicted molar refractivity (Wildman–Crippen MR) is 71.5 cm³/mol. The van der Waals surface area contributed by atoms with Crippen LogP contribution in [0.3, 0.4) is 0 Å². The summed E-state index contributed by atoms with van der Waals surface area (Å²) in [6.07, 6.45) is 0.873. The molecule has 0 amide bonds. The standard InChI is InChI=1S/C14H8F3NOS/c15-14(16,17)9-4-5-10-12(6-9)20-18-7-8-2-1-3-11(19)13(8)10/h1-2,4-7H,3H2. The van der Waals surface area contributed by atoms with Crippen molar-refractivity contribution in [2.45, 2.75) is 17.5 Å². The Balaban J connectivity index is 2.19. The quantitative estimate of drug-likeness (QED) is 0.675. The molecule has 1 aromatic rings. The fourth-order valence-electron chi connectivity index (χ4n) is 2.17. The molecule has 0 spiro atoms. The van der Waals surface area contributed by atoms with Crippen LogP contribution in [0.5, 0.6) is 0 Å². The van der Waals surface area contributed by atoms with Crippen LogP contribution in [-0.4, -0.2) is 12.0 Å². The van der Waals surface area contributed by atoms with Crippen LogP contribution >= 0.6 is 11.9 Å². The summed E-state index contributed by atoms with van der Waals surface area (Å²) in [5.74, 6) is -0.0996. The van der Waals surface area contributed by atoms with E-state index in [2.05, 4.69) is 4.40 Å². The Kier molecular flexibility index (Phi) is 3.05. The van der Waals surface area contributed by atoms with Crippen LogP contribution in [0.1, 0.15) is 17.5 Å². The van der Waals surface area contributed by atoms with Crippen molar-refractivity contribution in [1.82, 2.24) is 0 Å². The summed E-state index contributed by atoms with van der Waals surface area (Å²) in [5, 5.41) is 0. The number of allylic oxidation sites excluding steroid dienone is 4. The molecular weight excluding hydrogens is 287 g/mol. The Morgan fingerprint density at radius 3 is 2.80 bits per heavy atom. The number of benzene rings is 1. The first-order chi connectivity index (χ1) is 9.47. The van der Waals surface area contributed by atoms with Gasteiger partial charge < -0.3 is 0 Å². The van der Waals surface area contributed by atoms with Gasteiger partial charge in [0.15, 0.2) is 5.78 Å². The number of hydrogen-bond acceptors (Lipinski definition) is 3. The SMILES string of the molecule is O=C1CC=CC2=C1c1ccc(C(F)(F)F)cc1SN=C2. The third kappa shape index (κ3) is 2.20. The minimum Gasteiger partial charge on any atom is -0.294 e. The summed E-state index contributed by atoms with van der Waals surface area (Å²) in [7, 11) is 0. The zero-order valence-electron chi connectivity index (χ0n) is 10.1. The minimum atomic E-state index is -4.40. The van der Waals surface area contributed by atoms with Crippen LogP contribution in [0.15, 0.2) is 45.2 Å². The highest BCUT2D eigenvalue weighted by Gasteiger charge is 2.32. The zero-order chi connectivity index (χ0) is 14.3. The van der Waals surface area contributed by atoms with E-state index in [0.29, 0.717) is 21.6 Å². The van der Waals surface area contributed by atoms with Gasteiger partial charge >= 0.3 is 6.18 Å². The molecule has 102 valence electrons. The van der Waals surface area contributed by atoms with Crippen LogP contribution in [0.4, 0.5) is 13.2 Å². The van der Waals surface area contributed by atoms with Gasteiger partial charge in [0.2, 0.25) is 0 Å². The fourth-order valence-corrected chi connectivity index (χ4v) is 2.90. The van der Waals surface area contributed by atoms with E-state index in [1.54, 1.807) is 12.2 Å². The lowest BCUT2D eigenvalue weighted by atomic mass is 9.90. The van der Waals surface area contributed by atoms with Crippen LogP contribution in [0.25, 0.3) is 5.57 Å². The zero-order valence-corrected chi connectivity index (χ0v) is 10.9. The Morgan fingerprint density at radius 2 is 2.05 bits per heavy atom. The number of Topliss-reactive ketones (excluding diaryl/α,β-unsaturated/α-hetero) is 1. The molecule has 20 heavy (non-hydrogen) atoms. The molecule has 0 saturated carbocycles. The lowest BCUT2D eigenvalue weighted by Gasteiger charge is -2.15. The monoisotopic (exact) mass is 295 g/mol. The molecule has 0 aromatic heterocycles. The minimum absolute atomic E-state index is 0.0996. The smallest absolute Gasteiger partial charge is 0.294 e. The number of alkyl halides is 3. The largest absolute Gasteiger partial charge is 0.416 e. The van der Waals surface area contributed by atoms with Crippen molar-refractivity contribution in [3.63, 3.8) is 0 Å². The molecule has 0 N–H and O–H groups in total. The molecule has 0 atom stereocenters. The molecular formula is C14H8F3NOS. The second-order valence-electron chi connectivity index (χ2n) is 4.39. The molecule has 1 aliphatic carbocycles. The van der Waals surface area contributed by atoms with Crippen molar-refractivity contribution >= 4 is 29.5 Å². The normalized spacial score (nSPS) is 17.9. The first kappa shape index (κ1) is 13.2. The first-order valence-corrected chi connectivity index (χ1v) is 6.60. The van der Waals surface area contributed by atoms with Crippen molar-refractivity contribution in [2.24, 2.45) is 4.40 Å². The number of halogens is 3. The van der Waals surface area contributed by atoms with Gasteiger partial charge in [0, 0.05) is 46.2 Å². The predicted octanol–water partition coefficient (Wildman–Crippen LogP) is 4.08. The van der Waals surface area contributed by atoms with Gasteiger partial charge in [-0.25, -0.2) is 4.40 Å². The van der Waals surface area contributed by atoms with E-state index >= 15 is 0 Å². The molecule has 1 aliphatic heterocycles. The van der Waals surface area contributed by atoms with Crippen molar-refractivity contribution in [1.29, 1.82) is 0 Å². The lowest BCUT2D eigenvalue weighted by Crippen LogP contribution is -2.09. The van der Waals surface area contributed by atoms with E-state index in [4.69, 9.17) is 0 Å². The molecule has 0 radical (unpaired) electrons. The molecule has 0 fully saturated rings. The summed E-state index contributed by atoms with van der Waals surface area (Å²) in [5.41, 5.74) is 0.879. The second kappa shape index (κ2) is 4.63. The molecule has 0 saturated heterocycles. The van der Waals surface area contributed by atoms with E-state index in [9.17, 15) is 18.0 Å². The highest BCUT2D eigenvalue weighted by molar-refractivity contribution is 7.98. The molecule has 1 heterocycles. The number of carbonyl (C=O) groups excluding carboxylic acids is 1. The molecule has 0 bridgehead atoms. The molecule has 1 aromatic carbocycles. The third-order valence-corrected chi connectivity index (χ3v) is 3.83. The van der Waals surface area contributed by atoms with E-state index in [1.807, 2.05) is 0 Å². The van der Waals surface area contributed by atoms with Gasteiger partial charge in [0.1, 0.15) is 0 Å². The molecule has 6 heteroatoms. The summed E-state index contributed by atoms with van der Waals surface area (Å²) in [4.78, 5) is 12.4. The molecule has 3 rings (SSSR count). The van der Waals surface area contributed by atoms with Gasteiger partial charge in [0.25, 0.3) is 0 Å². The Morgan fingerprint density at radius 1 is 1.25 bits per heavy atom. The summed E-state index contributed by atoms with van der Waals surface area (Å²) in [6, 6.07) is 3.39. The maximum absolute atomic E-state index is 12.7. The van der Waals surface area contributed by atoms with Crippen molar-refractivity contribution in [3.05, 3.63) is 47.1 Å². The molecule has 0 unspecified atom stereocenters. The van der Waals surface area contributed by atoms with Crippen LogP contribution in [-0.2, 0) is 11.0 Å². The van der Waals surface area contributed by atoms with E-state index < -0.39 is 11.7 Å².